The lowest BCUT2D eigenvalue weighted by atomic mass is 9.71. The van der Waals surface area contributed by atoms with Crippen LogP contribution in [0.2, 0.25) is 0 Å². The Morgan fingerprint density at radius 2 is 2.00 bits per heavy atom. The summed E-state index contributed by atoms with van der Waals surface area (Å²) in [6.07, 6.45) is -0.625. The summed E-state index contributed by atoms with van der Waals surface area (Å²) in [4.78, 5) is 21.1. The van der Waals surface area contributed by atoms with Gasteiger partial charge in [0.25, 0.3) is 5.91 Å². The molecule has 0 spiro atoms. The van der Waals surface area contributed by atoms with E-state index in [0.717, 1.165) is 11.1 Å². The van der Waals surface area contributed by atoms with Crippen molar-refractivity contribution in [2.24, 2.45) is 13.0 Å². The van der Waals surface area contributed by atoms with Gasteiger partial charge < -0.3 is 14.5 Å². The third-order valence-electron chi connectivity index (χ3n) is 6.59. The van der Waals surface area contributed by atoms with Gasteiger partial charge in [-0.1, -0.05) is 0 Å². The van der Waals surface area contributed by atoms with Gasteiger partial charge in [0.2, 0.25) is 0 Å². The maximum atomic E-state index is 13.1. The fourth-order valence-corrected chi connectivity index (χ4v) is 4.72. The maximum absolute atomic E-state index is 13.1. The van der Waals surface area contributed by atoms with Crippen molar-refractivity contribution in [1.29, 1.82) is 0 Å². The lowest BCUT2D eigenvalue weighted by molar-refractivity contribution is -0.197. The van der Waals surface area contributed by atoms with Crippen molar-refractivity contribution >= 4 is 11.7 Å². The zero-order valence-corrected chi connectivity index (χ0v) is 17.4. The number of aryl methyl sites for hydroxylation is 1. The van der Waals surface area contributed by atoms with Crippen LogP contribution in [0.25, 0.3) is 0 Å². The number of pyridine rings is 1. The van der Waals surface area contributed by atoms with E-state index in [0.29, 0.717) is 43.3 Å². The average molecular weight is 435 g/mol. The van der Waals surface area contributed by atoms with Crippen LogP contribution >= 0.6 is 0 Å². The summed E-state index contributed by atoms with van der Waals surface area (Å²) in [5.41, 5.74) is 2.94. The quantitative estimate of drug-likeness (QED) is 0.742. The molecule has 2 aromatic heterocycles. The summed E-state index contributed by atoms with van der Waals surface area (Å²) in [6, 6.07) is 1.79. The summed E-state index contributed by atoms with van der Waals surface area (Å²) < 4.78 is 46.8. The van der Waals surface area contributed by atoms with Gasteiger partial charge in [0.1, 0.15) is 11.9 Å². The second-order valence-electron chi connectivity index (χ2n) is 8.71. The fraction of sp³-hybridized carbons (Fsp3) is 0.571. The van der Waals surface area contributed by atoms with Gasteiger partial charge in [-0.05, 0) is 18.9 Å². The van der Waals surface area contributed by atoms with Crippen LogP contribution in [0.15, 0.2) is 18.5 Å². The van der Waals surface area contributed by atoms with E-state index in [1.54, 1.807) is 28.9 Å². The van der Waals surface area contributed by atoms with E-state index in [1.807, 2.05) is 13.2 Å². The Kier molecular flexibility index (Phi) is 4.72. The molecule has 4 heterocycles. The monoisotopic (exact) mass is 435 g/mol. The first-order chi connectivity index (χ1) is 14.7. The second kappa shape index (κ2) is 7.22. The molecule has 0 radical (unpaired) electrons. The van der Waals surface area contributed by atoms with Crippen molar-refractivity contribution in [2.75, 3.05) is 31.6 Å². The number of anilines is 1. The summed E-state index contributed by atoms with van der Waals surface area (Å²) in [5.74, 6) is -1.03. The molecule has 1 amide bonds. The lowest BCUT2D eigenvalue weighted by Gasteiger charge is -2.38. The molecule has 1 saturated heterocycles. The highest BCUT2D eigenvalue weighted by Crippen LogP contribution is 2.51. The number of fused-ring (bicyclic) bond motifs is 1. The summed E-state index contributed by atoms with van der Waals surface area (Å²) in [7, 11) is 3.55. The Bertz CT molecular complexity index is 1010. The number of hydrogen-bond acceptors (Lipinski definition) is 5. The number of halogens is 3. The van der Waals surface area contributed by atoms with Crippen LogP contribution in [0.3, 0.4) is 0 Å². The molecule has 0 bridgehead atoms. The number of carbonyl (C=O) groups excluding carboxylic acids is 1. The Labute approximate surface area is 177 Å². The number of amides is 1. The normalized spacial score (nSPS) is 26.2. The van der Waals surface area contributed by atoms with E-state index >= 15 is 0 Å². The Morgan fingerprint density at radius 1 is 1.23 bits per heavy atom. The molecule has 1 aliphatic carbocycles. The van der Waals surface area contributed by atoms with Crippen LogP contribution < -0.4 is 4.90 Å². The highest BCUT2D eigenvalue weighted by atomic mass is 19.4. The SMILES string of the molecule is CN1Cc2c(cc(N3CCO[C@@H](c4cnn(C)c4)C3)nc2C2CC(C(F)(F)F)C2)C1=O. The highest BCUT2D eigenvalue weighted by molar-refractivity contribution is 5.99. The number of carbonyl (C=O) groups is 1. The van der Waals surface area contributed by atoms with Crippen LogP contribution in [0.1, 0.15) is 52.0 Å². The topological polar surface area (TPSA) is 63.5 Å². The minimum atomic E-state index is -4.18. The predicted octanol–water partition coefficient (Wildman–Crippen LogP) is 3.03. The minimum Gasteiger partial charge on any atom is -0.370 e. The molecular weight excluding hydrogens is 411 g/mol. The van der Waals surface area contributed by atoms with Crippen molar-refractivity contribution in [3.8, 4) is 0 Å². The highest BCUT2D eigenvalue weighted by Gasteiger charge is 2.49. The van der Waals surface area contributed by atoms with Gasteiger partial charge in [0.05, 0.1) is 30.0 Å². The molecular formula is C21H24F3N5O2. The Morgan fingerprint density at radius 3 is 2.68 bits per heavy atom. The number of morpholine rings is 1. The van der Waals surface area contributed by atoms with Gasteiger partial charge in [-0.25, -0.2) is 4.98 Å². The van der Waals surface area contributed by atoms with E-state index in [1.165, 1.54) is 0 Å². The van der Waals surface area contributed by atoms with Crippen molar-refractivity contribution in [1.82, 2.24) is 19.7 Å². The number of ether oxygens (including phenoxy) is 1. The van der Waals surface area contributed by atoms with Gasteiger partial charge in [0.15, 0.2) is 0 Å². The molecule has 0 N–H and O–H groups in total. The molecule has 2 aliphatic heterocycles. The third kappa shape index (κ3) is 3.56. The van der Waals surface area contributed by atoms with Gasteiger partial charge >= 0.3 is 6.18 Å². The Hall–Kier alpha value is -2.62. The van der Waals surface area contributed by atoms with Crippen LogP contribution in [-0.2, 0) is 18.3 Å². The first-order valence-corrected chi connectivity index (χ1v) is 10.4. The second-order valence-corrected chi connectivity index (χ2v) is 8.71. The number of nitrogens with zero attached hydrogens (tertiary/aromatic N) is 5. The molecule has 0 unspecified atom stereocenters. The molecule has 3 aliphatic rings. The van der Waals surface area contributed by atoms with Gasteiger partial charge in [-0.3, -0.25) is 9.48 Å². The molecule has 2 aromatic rings. The number of alkyl halides is 3. The molecule has 2 fully saturated rings. The van der Waals surface area contributed by atoms with Crippen LogP contribution in [0, 0.1) is 5.92 Å². The van der Waals surface area contributed by atoms with Crippen LogP contribution in [0.4, 0.5) is 19.0 Å². The van der Waals surface area contributed by atoms with Crippen molar-refractivity contribution in [3.63, 3.8) is 0 Å². The van der Waals surface area contributed by atoms with E-state index < -0.39 is 12.1 Å². The first-order valence-electron chi connectivity index (χ1n) is 10.4. The molecule has 31 heavy (non-hydrogen) atoms. The molecule has 10 heteroatoms. The van der Waals surface area contributed by atoms with Gasteiger partial charge in [0, 0.05) is 57.0 Å². The van der Waals surface area contributed by atoms with Gasteiger partial charge in [-0.15, -0.1) is 0 Å². The van der Waals surface area contributed by atoms with E-state index in [-0.39, 0.29) is 30.8 Å². The smallest absolute Gasteiger partial charge is 0.370 e. The van der Waals surface area contributed by atoms with Crippen LogP contribution in [-0.4, -0.2) is 58.5 Å². The maximum Gasteiger partial charge on any atom is 0.391 e. The van der Waals surface area contributed by atoms with Crippen molar-refractivity contribution in [2.45, 2.75) is 37.6 Å². The molecule has 7 nitrogen and oxygen atoms in total. The molecule has 0 aromatic carbocycles. The summed E-state index contributed by atoms with van der Waals surface area (Å²) in [6.45, 7) is 2.02. The number of hydrogen-bond donors (Lipinski definition) is 0. The lowest BCUT2D eigenvalue weighted by Crippen LogP contribution is -2.39. The number of rotatable bonds is 3. The largest absolute Gasteiger partial charge is 0.391 e. The molecule has 1 atom stereocenters. The molecule has 166 valence electrons. The minimum absolute atomic E-state index is 0.0335. The van der Waals surface area contributed by atoms with E-state index in [4.69, 9.17) is 9.72 Å². The number of aromatic nitrogens is 3. The average Bonchev–Trinajstić information content (AvgIpc) is 3.24. The zero-order valence-electron chi connectivity index (χ0n) is 17.4. The molecule has 5 rings (SSSR count). The van der Waals surface area contributed by atoms with Crippen LogP contribution in [0.5, 0.6) is 0 Å². The van der Waals surface area contributed by atoms with E-state index in [9.17, 15) is 18.0 Å². The summed E-state index contributed by atoms with van der Waals surface area (Å²) in [5, 5.41) is 4.20. The first kappa shape index (κ1) is 20.3. The zero-order chi connectivity index (χ0) is 21.9. The molecule has 1 saturated carbocycles. The Balaban J connectivity index is 1.45. The van der Waals surface area contributed by atoms with E-state index in [2.05, 4.69) is 10.00 Å². The van der Waals surface area contributed by atoms with Crippen molar-refractivity contribution < 1.29 is 22.7 Å². The predicted molar refractivity (Wildman–Crippen MR) is 106 cm³/mol. The van der Waals surface area contributed by atoms with Gasteiger partial charge in [-0.2, -0.15) is 18.3 Å². The fourth-order valence-electron chi connectivity index (χ4n) is 4.72. The van der Waals surface area contributed by atoms with Crippen molar-refractivity contribution in [3.05, 3.63) is 40.8 Å². The third-order valence-corrected chi connectivity index (χ3v) is 6.59. The summed E-state index contributed by atoms with van der Waals surface area (Å²) >= 11 is 0. The standard InChI is InChI=1S/C21H24F3N5O2/c1-27-10-16-15(20(27)30)7-18(26-19(16)12-5-14(6-12)21(22,23)24)29-3-4-31-17(11-29)13-8-25-28(2)9-13/h7-9,12,14,17H,3-6,10-11H2,1-2H3/t12?,14?,17-/m1/s1.